The fourth-order valence-corrected chi connectivity index (χ4v) is 7.43. The predicted molar refractivity (Wildman–Crippen MR) is 227 cm³/mol. The minimum atomic E-state index is -0.141. The quantitative estimate of drug-likeness (QED) is 0.0648. The van der Waals surface area contributed by atoms with Crippen LogP contribution in [0.2, 0.25) is 0 Å². The highest BCUT2D eigenvalue weighted by Crippen LogP contribution is 2.25. The van der Waals surface area contributed by atoms with Gasteiger partial charge < -0.3 is 10.6 Å². The first kappa shape index (κ1) is 50.1. The zero-order valence-corrected chi connectivity index (χ0v) is 35.4. The third kappa shape index (κ3) is 26.1. The molecule has 1 aromatic carbocycles. The molecule has 4 atom stereocenters. The molecule has 2 amide bonds. The third-order valence-corrected chi connectivity index (χ3v) is 11.2. The molecular formula is C48H76N6O2. The molecular weight excluding hydrogens is 693 g/mol. The number of hydrogen-bond acceptors (Lipinski definition) is 6. The van der Waals surface area contributed by atoms with Gasteiger partial charge in [-0.25, -0.2) is 0 Å². The Morgan fingerprint density at radius 1 is 0.429 bits per heavy atom. The second kappa shape index (κ2) is 35.5. The van der Waals surface area contributed by atoms with Crippen LogP contribution in [0.3, 0.4) is 0 Å². The smallest absolute Gasteiger partial charge is 0.220 e. The van der Waals surface area contributed by atoms with Gasteiger partial charge in [-0.2, -0.15) is 21.0 Å². The molecule has 0 aromatic heterocycles. The van der Waals surface area contributed by atoms with Gasteiger partial charge in [0.15, 0.2) is 0 Å². The van der Waals surface area contributed by atoms with Crippen LogP contribution in [0.25, 0.3) is 0 Å². The highest BCUT2D eigenvalue weighted by molar-refractivity contribution is 5.76. The summed E-state index contributed by atoms with van der Waals surface area (Å²) < 4.78 is 0. The van der Waals surface area contributed by atoms with Crippen molar-refractivity contribution in [2.75, 3.05) is 0 Å². The number of unbranched alkanes of at least 4 members (excludes halogenated alkanes) is 18. The van der Waals surface area contributed by atoms with Gasteiger partial charge >= 0.3 is 0 Å². The van der Waals surface area contributed by atoms with Gasteiger partial charge in [0, 0.05) is 25.9 Å². The van der Waals surface area contributed by atoms with Gasteiger partial charge in [0.05, 0.1) is 47.9 Å². The predicted octanol–water partition coefficient (Wildman–Crippen LogP) is 12.4. The number of carbonyl (C=O) groups excluding carboxylic acids is 2. The first-order valence-electron chi connectivity index (χ1n) is 22.6. The molecule has 0 aliphatic heterocycles. The molecule has 56 heavy (non-hydrogen) atoms. The summed E-state index contributed by atoms with van der Waals surface area (Å²) in [5.74, 6) is -0.391. The lowest BCUT2D eigenvalue weighted by Gasteiger charge is -2.15. The largest absolute Gasteiger partial charge is 0.352 e. The topological polar surface area (TPSA) is 153 Å². The minimum absolute atomic E-state index is 0.0767. The van der Waals surface area contributed by atoms with Crippen LogP contribution in [0.1, 0.15) is 205 Å². The molecule has 8 nitrogen and oxygen atoms in total. The van der Waals surface area contributed by atoms with E-state index in [9.17, 15) is 30.6 Å². The second-order valence-corrected chi connectivity index (χ2v) is 16.0. The first-order chi connectivity index (χ1) is 27.4. The summed E-state index contributed by atoms with van der Waals surface area (Å²) in [6, 6.07) is 17.6. The Labute approximate surface area is 342 Å². The lowest BCUT2D eigenvalue weighted by molar-refractivity contribution is -0.122. The molecule has 0 heterocycles. The third-order valence-electron chi connectivity index (χ3n) is 11.2. The van der Waals surface area contributed by atoms with E-state index in [1.807, 2.05) is 24.3 Å². The van der Waals surface area contributed by atoms with Gasteiger partial charge in [-0.1, -0.05) is 167 Å². The monoisotopic (exact) mass is 769 g/mol. The number of rotatable bonds is 36. The zero-order chi connectivity index (χ0) is 40.9. The summed E-state index contributed by atoms with van der Waals surface area (Å²) in [5, 5.41) is 44.2. The summed E-state index contributed by atoms with van der Waals surface area (Å²) in [7, 11) is 0. The number of nitrogens with one attached hydrogen (secondary N) is 2. The molecule has 1 aromatic rings. The van der Waals surface area contributed by atoms with Crippen molar-refractivity contribution in [3.8, 4) is 24.3 Å². The first-order valence-corrected chi connectivity index (χ1v) is 22.6. The summed E-state index contributed by atoms with van der Waals surface area (Å²) in [4.78, 5) is 24.7. The summed E-state index contributed by atoms with van der Waals surface area (Å²) in [6.45, 7) is 5.36. The number of hydrogen-bond donors (Lipinski definition) is 2. The number of nitrogens with zero attached hydrogens (tertiary/aromatic N) is 4. The lowest BCUT2D eigenvalue weighted by Crippen LogP contribution is -2.23. The Morgan fingerprint density at radius 2 is 0.679 bits per heavy atom. The molecule has 0 bridgehead atoms. The second-order valence-electron chi connectivity index (χ2n) is 16.0. The van der Waals surface area contributed by atoms with E-state index in [4.69, 9.17) is 0 Å². The van der Waals surface area contributed by atoms with E-state index >= 15 is 0 Å². The maximum absolute atomic E-state index is 12.4. The zero-order valence-electron chi connectivity index (χ0n) is 35.4. The Balaban J connectivity index is 2.06. The summed E-state index contributed by atoms with van der Waals surface area (Å²) in [5.41, 5.74) is 2.08. The number of nitriles is 4. The van der Waals surface area contributed by atoms with Gasteiger partial charge in [-0.15, -0.1) is 0 Å². The normalized spacial score (nSPS) is 13.0. The average Bonchev–Trinajstić information content (AvgIpc) is 3.22. The van der Waals surface area contributed by atoms with Gasteiger partial charge in [-0.05, 0) is 49.7 Å². The van der Waals surface area contributed by atoms with Crippen molar-refractivity contribution in [2.45, 2.75) is 207 Å². The van der Waals surface area contributed by atoms with Crippen LogP contribution in [0.15, 0.2) is 24.3 Å². The molecule has 1 rings (SSSR count). The number of amides is 2. The standard InChI is InChI=1S/C48H76N6O2/c1-3-5-7-19-25-43(35-49)45(37-51)27-21-15-11-9-13-17-23-29-47(55)53-39-41-31-33-42(34-32-41)40-54-48(56)30-24-18-14-10-12-16-22-28-46(38-52)44(36-50)26-20-8-6-4-2/h31-34,43-46H,3-30,39-40H2,1-2H3,(H,53,55)(H,54,56). The van der Waals surface area contributed by atoms with Crippen LogP contribution in [-0.2, 0) is 22.7 Å². The minimum Gasteiger partial charge on any atom is -0.352 e. The summed E-state index contributed by atoms with van der Waals surface area (Å²) in [6.07, 6.45) is 28.4. The van der Waals surface area contributed by atoms with Gasteiger partial charge in [0.1, 0.15) is 0 Å². The molecule has 4 unspecified atom stereocenters. The maximum atomic E-state index is 12.4. The van der Waals surface area contributed by atoms with Crippen LogP contribution in [-0.4, -0.2) is 11.8 Å². The highest BCUT2D eigenvalue weighted by Gasteiger charge is 2.21. The Hall–Kier alpha value is -3.88. The Morgan fingerprint density at radius 3 is 0.946 bits per heavy atom. The fourth-order valence-electron chi connectivity index (χ4n) is 7.43. The molecule has 0 spiro atoms. The van der Waals surface area contributed by atoms with Gasteiger partial charge in [0.25, 0.3) is 0 Å². The van der Waals surface area contributed by atoms with E-state index in [0.717, 1.165) is 152 Å². The van der Waals surface area contributed by atoms with Crippen molar-refractivity contribution in [3.63, 3.8) is 0 Å². The van der Waals surface area contributed by atoms with E-state index in [1.54, 1.807) is 0 Å². The molecule has 0 radical (unpaired) electrons. The van der Waals surface area contributed by atoms with E-state index in [2.05, 4.69) is 48.8 Å². The van der Waals surface area contributed by atoms with Crippen molar-refractivity contribution in [1.82, 2.24) is 10.6 Å². The number of benzene rings is 1. The molecule has 8 heteroatoms. The fraction of sp³-hybridized carbons (Fsp3) is 0.750. The van der Waals surface area contributed by atoms with Crippen LogP contribution in [0, 0.1) is 69.0 Å². The average molecular weight is 769 g/mol. The van der Waals surface area contributed by atoms with Gasteiger partial charge in [0.2, 0.25) is 11.8 Å². The lowest BCUT2D eigenvalue weighted by atomic mass is 9.86. The van der Waals surface area contributed by atoms with Crippen LogP contribution in [0.5, 0.6) is 0 Å². The molecule has 0 aliphatic carbocycles. The van der Waals surface area contributed by atoms with E-state index in [-0.39, 0.29) is 35.5 Å². The van der Waals surface area contributed by atoms with E-state index < -0.39 is 0 Å². The SMILES string of the molecule is CCCCCCC(C#N)C(C#N)CCCCCCCCCC(=O)NCc1ccc(CNC(=O)CCCCCCCCCC(C#N)C(C#N)CCCCCC)cc1. The Kier molecular flexibility index (Phi) is 31.8. The maximum Gasteiger partial charge on any atom is 0.220 e. The van der Waals surface area contributed by atoms with Crippen molar-refractivity contribution in [1.29, 1.82) is 21.0 Å². The molecule has 0 saturated carbocycles. The van der Waals surface area contributed by atoms with Crippen LogP contribution in [0.4, 0.5) is 0 Å². The van der Waals surface area contributed by atoms with Crippen molar-refractivity contribution in [2.24, 2.45) is 23.7 Å². The molecule has 0 fully saturated rings. The van der Waals surface area contributed by atoms with Crippen LogP contribution < -0.4 is 10.6 Å². The molecule has 2 N–H and O–H groups in total. The summed E-state index contributed by atoms with van der Waals surface area (Å²) >= 11 is 0. The molecule has 310 valence electrons. The molecule has 0 aliphatic rings. The van der Waals surface area contributed by atoms with Crippen molar-refractivity contribution < 1.29 is 9.59 Å². The van der Waals surface area contributed by atoms with Crippen molar-refractivity contribution in [3.05, 3.63) is 35.4 Å². The van der Waals surface area contributed by atoms with Gasteiger partial charge in [-0.3, -0.25) is 9.59 Å². The Bertz CT molecular complexity index is 1220. The van der Waals surface area contributed by atoms with Crippen molar-refractivity contribution >= 4 is 11.8 Å². The highest BCUT2D eigenvalue weighted by atomic mass is 16.2. The van der Waals surface area contributed by atoms with E-state index in [1.165, 1.54) is 25.7 Å². The number of carbonyl (C=O) groups is 2. The van der Waals surface area contributed by atoms with E-state index in [0.29, 0.717) is 25.9 Å². The molecule has 0 saturated heterocycles. The van der Waals surface area contributed by atoms with Crippen LogP contribution >= 0.6 is 0 Å².